The van der Waals surface area contributed by atoms with Gasteiger partial charge in [0.1, 0.15) is 5.58 Å². The van der Waals surface area contributed by atoms with Crippen LogP contribution in [-0.2, 0) is 6.54 Å². The summed E-state index contributed by atoms with van der Waals surface area (Å²) in [6.07, 6.45) is 0. The van der Waals surface area contributed by atoms with Crippen LogP contribution in [0.3, 0.4) is 0 Å². The van der Waals surface area contributed by atoms with E-state index in [0.717, 1.165) is 16.7 Å². The summed E-state index contributed by atoms with van der Waals surface area (Å²) in [5.41, 5.74) is 4.13. The number of aryl methyl sites for hydroxylation is 2. The molecule has 4 aromatic rings. The third-order valence-electron chi connectivity index (χ3n) is 6.19. The summed E-state index contributed by atoms with van der Waals surface area (Å²) >= 11 is 0. The van der Waals surface area contributed by atoms with E-state index in [9.17, 15) is 14.7 Å². The Labute approximate surface area is 197 Å². The number of aromatic hydroxyl groups is 1. The molecule has 0 saturated carbocycles. The van der Waals surface area contributed by atoms with Crippen LogP contribution in [-0.4, -0.2) is 22.5 Å². The smallest absolute Gasteiger partial charge is 0.291 e. The number of rotatable bonds is 5. The average Bonchev–Trinajstić information content (AvgIpc) is 3.09. The monoisotopic (exact) mass is 455 g/mol. The second-order valence-electron chi connectivity index (χ2n) is 8.65. The van der Waals surface area contributed by atoms with Gasteiger partial charge in [-0.3, -0.25) is 9.59 Å². The third kappa shape index (κ3) is 3.61. The molecule has 0 bridgehead atoms. The molecule has 0 spiro atoms. The van der Waals surface area contributed by atoms with E-state index in [2.05, 4.69) is 0 Å². The first-order valence-electron chi connectivity index (χ1n) is 11.3. The molecule has 34 heavy (non-hydrogen) atoms. The summed E-state index contributed by atoms with van der Waals surface area (Å²) in [4.78, 5) is 29.0. The number of phenolic OH excluding ortho intramolecular Hbond substituents is 1. The summed E-state index contributed by atoms with van der Waals surface area (Å²) in [5, 5.41) is 10.7. The second-order valence-corrected chi connectivity index (χ2v) is 8.65. The molecule has 1 aliphatic heterocycles. The Hall–Kier alpha value is -4.06. The molecule has 172 valence electrons. The molecule has 5 rings (SSSR count). The number of carbonyl (C=O) groups is 1. The third-order valence-corrected chi connectivity index (χ3v) is 6.19. The number of ether oxygens (including phenoxy) is 1. The lowest BCUT2D eigenvalue weighted by Crippen LogP contribution is -2.29. The van der Waals surface area contributed by atoms with Crippen molar-refractivity contribution in [1.29, 1.82) is 0 Å². The van der Waals surface area contributed by atoms with Crippen molar-refractivity contribution in [3.8, 4) is 11.5 Å². The maximum atomic E-state index is 13.7. The maximum absolute atomic E-state index is 13.7. The largest absolute Gasteiger partial charge is 0.504 e. The minimum Gasteiger partial charge on any atom is -0.504 e. The van der Waals surface area contributed by atoms with Gasteiger partial charge in [-0.15, -0.1) is 0 Å². The molecule has 0 radical (unpaired) electrons. The molecule has 1 aliphatic rings. The molecular formula is C28H25NO5. The predicted molar refractivity (Wildman–Crippen MR) is 129 cm³/mol. The van der Waals surface area contributed by atoms with Crippen molar-refractivity contribution in [2.45, 2.75) is 33.4 Å². The summed E-state index contributed by atoms with van der Waals surface area (Å²) < 4.78 is 11.6. The molecule has 1 N–H and O–H groups in total. The molecule has 0 saturated heterocycles. The van der Waals surface area contributed by atoms with E-state index in [1.54, 1.807) is 29.2 Å². The van der Waals surface area contributed by atoms with Gasteiger partial charge in [-0.1, -0.05) is 47.5 Å². The standard InChI is InChI=1S/C28H25NO5/c1-4-33-23-14-19(10-11-21(23)30)25-24-26(31)20-13-17(3)7-12-22(20)34-27(24)28(32)29(25)15-18-8-5-16(2)6-9-18/h5-14,25,30H,4,15H2,1-3H3/t25-/m0/s1. The van der Waals surface area contributed by atoms with Crippen molar-refractivity contribution in [2.75, 3.05) is 6.61 Å². The van der Waals surface area contributed by atoms with E-state index in [-0.39, 0.29) is 22.8 Å². The van der Waals surface area contributed by atoms with Gasteiger partial charge >= 0.3 is 0 Å². The average molecular weight is 456 g/mol. The van der Waals surface area contributed by atoms with Gasteiger partial charge < -0.3 is 19.2 Å². The van der Waals surface area contributed by atoms with Crippen LogP contribution in [0.25, 0.3) is 11.0 Å². The van der Waals surface area contributed by atoms with Crippen LogP contribution in [0.2, 0.25) is 0 Å². The van der Waals surface area contributed by atoms with Gasteiger partial charge in [-0.2, -0.15) is 0 Å². The molecule has 1 amide bonds. The number of phenols is 1. The Morgan fingerprint density at radius 3 is 2.44 bits per heavy atom. The molecule has 0 unspecified atom stereocenters. The van der Waals surface area contributed by atoms with Gasteiger partial charge in [0.15, 0.2) is 16.9 Å². The molecule has 1 aromatic heterocycles. The number of fused-ring (bicyclic) bond motifs is 2. The second kappa shape index (κ2) is 8.37. The lowest BCUT2D eigenvalue weighted by atomic mass is 9.97. The summed E-state index contributed by atoms with van der Waals surface area (Å²) in [7, 11) is 0. The number of nitrogens with zero attached hydrogens (tertiary/aromatic N) is 1. The van der Waals surface area contributed by atoms with E-state index >= 15 is 0 Å². The van der Waals surface area contributed by atoms with Crippen LogP contribution in [0.15, 0.2) is 69.9 Å². The summed E-state index contributed by atoms with van der Waals surface area (Å²) in [6, 6.07) is 17.6. The maximum Gasteiger partial charge on any atom is 0.291 e. The van der Waals surface area contributed by atoms with Gasteiger partial charge in [-0.05, 0) is 56.2 Å². The number of amides is 1. The van der Waals surface area contributed by atoms with Crippen molar-refractivity contribution >= 4 is 16.9 Å². The van der Waals surface area contributed by atoms with Crippen molar-refractivity contribution in [3.05, 3.63) is 104 Å². The Bertz CT molecular complexity index is 1470. The topological polar surface area (TPSA) is 80.0 Å². The normalized spacial score (nSPS) is 15.1. The molecule has 1 atom stereocenters. The molecule has 3 aromatic carbocycles. The van der Waals surface area contributed by atoms with Crippen LogP contribution in [0.5, 0.6) is 11.5 Å². The minimum absolute atomic E-state index is 0.00130. The molecule has 2 heterocycles. The zero-order valence-electron chi connectivity index (χ0n) is 19.3. The van der Waals surface area contributed by atoms with E-state index < -0.39 is 6.04 Å². The Morgan fingerprint density at radius 2 is 1.71 bits per heavy atom. The van der Waals surface area contributed by atoms with E-state index in [1.807, 2.05) is 51.1 Å². The van der Waals surface area contributed by atoms with E-state index in [4.69, 9.17) is 9.15 Å². The number of benzene rings is 3. The van der Waals surface area contributed by atoms with Crippen LogP contribution < -0.4 is 10.2 Å². The Balaban J connectivity index is 1.72. The van der Waals surface area contributed by atoms with Crippen molar-refractivity contribution < 1.29 is 19.1 Å². The first-order valence-corrected chi connectivity index (χ1v) is 11.3. The van der Waals surface area contributed by atoms with Gasteiger partial charge in [0.05, 0.1) is 23.6 Å². The van der Waals surface area contributed by atoms with Crippen LogP contribution in [0.4, 0.5) is 0 Å². The number of hydrogen-bond acceptors (Lipinski definition) is 5. The van der Waals surface area contributed by atoms with Crippen LogP contribution >= 0.6 is 0 Å². The highest BCUT2D eigenvalue weighted by Gasteiger charge is 2.43. The first kappa shape index (κ1) is 21.8. The van der Waals surface area contributed by atoms with Crippen LogP contribution in [0.1, 0.15) is 51.3 Å². The molecule has 0 aliphatic carbocycles. The van der Waals surface area contributed by atoms with E-state index in [0.29, 0.717) is 41.0 Å². The Kier molecular flexibility index (Phi) is 5.36. The van der Waals surface area contributed by atoms with Gasteiger partial charge in [0.25, 0.3) is 5.91 Å². The van der Waals surface area contributed by atoms with Gasteiger partial charge in [-0.25, -0.2) is 0 Å². The van der Waals surface area contributed by atoms with Crippen molar-refractivity contribution in [2.24, 2.45) is 0 Å². The van der Waals surface area contributed by atoms with Gasteiger partial charge in [0, 0.05) is 6.54 Å². The summed E-state index contributed by atoms with van der Waals surface area (Å²) in [5.74, 6) is 0.0225. The number of hydrogen-bond donors (Lipinski definition) is 1. The fraction of sp³-hybridized carbons (Fsp3) is 0.214. The lowest BCUT2D eigenvalue weighted by Gasteiger charge is -2.26. The van der Waals surface area contributed by atoms with Crippen LogP contribution in [0, 0.1) is 13.8 Å². The minimum atomic E-state index is -0.676. The molecule has 6 nitrogen and oxygen atoms in total. The SMILES string of the molecule is CCOc1cc([C@H]2c3c(oc4ccc(C)cc4c3=O)C(=O)N2Cc2ccc(C)cc2)ccc1O. The predicted octanol–water partition coefficient (Wildman–Crippen LogP) is 5.26. The van der Waals surface area contributed by atoms with Crippen molar-refractivity contribution in [3.63, 3.8) is 0 Å². The fourth-order valence-corrected chi connectivity index (χ4v) is 4.51. The highest BCUT2D eigenvalue weighted by atomic mass is 16.5. The van der Waals surface area contributed by atoms with Crippen molar-refractivity contribution in [1.82, 2.24) is 4.90 Å². The first-order chi connectivity index (χ1) is 16.4. The van der Waals surface area contributed by atoms with E-state index in [1.165, 1.54) is 6.07 Å². The zero-order valence-corrected chi connectivity index (χ0v) is 19.3. The quantitative estimate of drug-likeness (QED) is 0.444. The molecule has 6 heteroatoms. The molecular weight excluding hydrogens is 430 g/mol. The van der Waals surface area contributed by atoms with Gasteiger partial charge in [0.2, 0.25) is 5.76 Å². The molecule has 0 fully saturated rings. The lowest BCUT2D eigenvalue weighted by molar-refractivity contribution is 0.0714. The zero-order chi connectivity index (χ0) is 24.0. The Morgan fingerprint density at radius 1 is 0.971 bits per heavy atom. The highest BCUT2D eigenvalue weighted by Crippen LogP contribution is 2.41. The highest BCUT2D eigenvalue weighted by molar-refractivity contribution is 5.99. The number of carbonyl (C=O) groups excluding carboxylic acids is 1. The fourth-order valence-electron chi connectivity index (χ4n) is 4.51. The summed E-state index contributed by atoms with van der Waals surface area (Å²) in [6.45, 7) is 6.41.